The van der Waals surface area contributed by atoms with Crippen molar-refractivity contribution in [2.75, 3.05) is 0 Å². The van der Waals surface area contributed by atoms with E-state index >= 15 is 0 Å². The highest BCUT2D eigenvalue weighted by molar-refractivity contribution is 6.03. The highest BCUT2D eigenvalue weighted by Crippen LogP contribution is 2.32. The highest BCUT2D eigenvalue weighted by Gasteiger charge is 2.32. The third-order valence-electron chi connectivity index (χ3n) is 3.83. The molecule has 0 heterocycles. The molecule has 14 heteroatoms. The number of hydrogen-bond acceptors (Lipinski definition) is 2. The lowest BCUT2D eigenvalue weighted by atomic mass is 10.0. The number of hydrogen-bond donors (Lipinski definition) is 4. The number of guanidine groups is 2. The van der Waals surface area contributed by atoms with Crippen LogP contribution in [0, 0.1) is 11.8 Å². The third-order valence-corrected chi connectivity index (χ3v) is 3.83. The van der Waals surface area contributed by atoms with E-state index in [4.69, 9.17) is 22.9 Å². The Hall–Kier alpha value is -4.54. The molecule has 0 unspecified atom stereocenters. The first-order valence-corrected chi connectivity index (χ1v) is 8.81. The molecule has 2 aromatic carbocycles. The molecular formula is C20H14F6N6O2. The summed E-state index contributed by atoms with van der Waals surface area (Å²) in [5, 5.41) is 0. The summed E-state index contributed by atoms with van der Waals surface area (Å²) in [6, 6.07) is 3.93. The summed E-state index contributed by atoms with van der Waals surface area (Å²) in [6.45, 7) is 0. The summed E-state index contributed by atoms with van der Waals surface area (Å²) < 4.78 is 79.4. The zero-order valence-corrected chi connectivity index (χ0v) is 16.8. The van der Waals surface area contributed by atoms with Gasteiger partial charge in [0.1, 0.15) is 0 Å². The molecule has 0 atom stereocenters. The van der Waals surface area contributed by atoms with Crippen LogP contribution < -0.4 is 22.9 Å². The topological polar surface area (TPSA) is 163 Å². The predicted molar refractivity (Wildman–Crippen MR) is 109 cm³/mol. The lowest BCUT2D eigenvalue weighted by molar-refractivity contribution is -0.138. The maximum absolute atomic E-state index is 13.2. The molecule has 0 saturated heterocycles. The predicted octanol–water partition coefficient (Wildman–Crippen LogP) is 1.95. The van der Waals surface area contributed by atoms with Gasteiger partial charge in [0, 0.05) is 22.3 Å². The van der Waals surface area contributed by atoms with Crippen molar-refractivity contribution in [1.82, 2.24) is 0 Å². The Kier molecular flexibility index (Phi) is 7.21. The van der Waals surface area contributed by atoms with Crippen molar-refractivity contribution < 1.29 is 35.9 Å². The van der Waals surface area contributed by atoms with Crippen LogP contribution in [-0.4, -0.2) is 23.7 Å². The monoisotopic (exact) mass is 484 g/mol. The van der Waals surface area contributed by atoms with Gasteiger partial charge in [-0.1, -0.05) is 11.8 Å². The third kappa shape index (κ3) is 6.99. The van der Waals surface area contributed by atoms with Crippen molar-refractivity contribution in [3.63, 3.8) is 0 Å². The molecule has 2 rings (SSSR count). The van der Waals surface area contributed by atoms with Gasteiger partial charge in [0.05, 0.1) is 11.1 Å². The van der Waals surface area contributed by atoms with Crippen molar-refractivity contribution in [3.8, 4) is 11.8 Å². The number of aliphatic imine (C=N–C) groups is 2. The summed E-state index contributed by atoms with van der Waals surface area (Å²) in [5.41, 5.74) is 15.8. The second-order valence-corrected chi connectivity index (χ2v) is 6.53. The van der Waals surface area contributed by atoms with E-state index in [0.717, 1.165) is 12.1 Å². The minimum absolute atomic E-state index is 0.390. The van der Waals surface area contributed by atoms with E-state index in [0.29, 0.717) is 24.3 Å². The van der Waals surface area contributed by atoms with E-state index < -0.39 is 69.5 Å². The van der Waals surface area contributed by atoms with Crippen LogP contribution in [0.4, 0.5) is 26.3 Å². The molecule has 0 fully saturated rings. The molecule has 0 aliphatic rings. The van der Waals surface area contributed by atoms with Gasteiger partial charge in [0.2, 0.25) is 0 Å². The van der Waals surface area contributed by atoms with Gasteiger partial charge in [-0.15, -0.1) is 0 Å². The first-order chi connectivity index (χ1) is 15.6. The number of carbonyl (C=O) groups is 2. The van der Waals surface area contributed by atoms with E-state index in [9.17, 15) is 35.9 Å². The molecule has 178 valence electrons. The van der Waals surface area contributed by atoms with E-state index in [1.54, 1.807) is 0 Å². The molecule has 2 amide bonds. The SMILES string of the molecule is NC(N)=NC(=O)c1cc(C#Cc2cc(C(=O)N=C(N)N)cc(C(F)(F)F)c2)cc(C(F)(F)F)c1. The average molecular weight is 484 g/mol. The molecule has 0 aromatic heterocycles. The molecule has 0 aliphatic heterocycles. The smallest absolute Gasteiger partial charge is 0.370 e. The molecule has 2 aromatic rings. The van der Waals surface area contributed by atoms with Gasteiger partial charge in [-0.05, 0) is 36.4 Å². The van der Waals surface area contributed by atoms with Crippen LogP contribution in [0.3, 0.4) is 0 Å². The maximum atomic E-state index is 13.2. The normalized spacial score (nSPS) is 11.1. The number of nitrogens with two attached hydrogens (primary N) is 4. The van der Waals surface area contributed by atoms with Crippen LogP contribution >= 0.6 is 0 Å². The van der Waals surface area contributed by atoms with Crippen LogP contribution in [0.25, 0.3) is 0 Å². The van der Waals surface area contributed by atoms with Gasteiger partial charge in [0.25, 0.3) is 11.8 Å². The van der Waals surface area contributed by atoms with Gasteiger partial charge < -0.3 is 22.9 Å². The zero-order valence-electron chi connectivity index (χ0n) is 16.8. The molecular weight excluding hydrogens is 470 g/mol. The van der Waals surface area contributed by atoms with E-state index in [2.05, 4.69) is 21.8 Å². The van der Waals surface area contributed by atoms with Gasteiger partial charge in [-0.3, -0.25) is 9.59 Å². The van der Waals surface area contributed by atoms with Crippen LogP contribution in [-0.2, 0) is 12.4 Å². The Morgan fingerprint density at radius 3 is 1.21 bits per heavy atom. The van der Waals surface area contributed by atoms with Crippen molar-refractivity contribution in [3.05, 3.63) is 69.8 Å². The second-order valence-electron chi connectivity index (χ2n) is 6.53. The fraction of sp³-hybridized carbons (Fsp3) is 0.100. The average Bonchev–Trinajstić information content (AvgIpc) is 2.69. The Bertz CT molecular complexity index is 1170. The molecule has 0 bridgehead atoms. The fourth-order valence-electron chi connectivity index (χ4n) is 2.48. The quantitative estimate of drug-likeness (QED) is 0.220. The summed E-state index contributed by atoms with van der Waals surface area (Å²) in [6.07, 6.45) is -9.78. The molecule has 8 nitrogen and oxygen atoms in total. The lowest BCUT2D eigenvalue weighted by Gasteiger charge is -2.09. The van der Waals surface area contributed by atoms with Gasteiger partial charge in [0.15, 0.2) is 11.9 Å². The minimum atomic E-state index is -4.89. The Balaban J connectivity index is 2.65. The number of amides is 2. The van der Waals surface area contributed by atoms with E-state index in [1.165, 1.54) is 0 Å². The van der Waals surface area contributed by atoms with Gasteiger partial charge in [-0.2, -0.15) is 36.3 Å². The molecule has 0 saturated carbocycles. The summed E-state index contributed by atoms with van der Waals surface area (Å²) in [5.74, 6) is 0.675. The first-order valence-electron chi connectivity index (χ1n) is 8.81. The minimum Gasteiger partial charge on any atom is -0.370 e. The standard InChI is InChI=1S/C20H14F6N6O2/c21-19(22,23)13-5-9(3-11(7-13)15(33)31-17(27)28)1-2-10-4-12(16(34)32-18(29)30)8-14(6-10)20(24,25)26/h3-8H,(H4,27,28,31,33)(H4,29,30,32,34). The number of nitrogens with zero attached hydrogens (tertiary/aromatic N) is 2. The van der Waals surface area contributed by atoms with Crippen molar-refractivity contribution in [1.29, 1.82) is 0 Å². The number of benzene rings is 2. The Labute approximate surface area is 187 Å². The highest BCUT2D eigenvalue weighted by atomic mass is 19.4. The van der Waals surface area contributed by atoms with Crippen LogP contribution in [0.5, 0.6) is 0 Å². The maximum Gasteiger partial charge on any atom is 0.416 e. The van der Waals surface area contributed by atoms with Crippen molar-refractivity contribution in [2.24, 2.45) is 32.9 Å². The molecule has 0 aliphatic carbocycles. The van der Waals surface area contributed by atoms with Gasteiger partial charge in [-0.25, -0.2) is 0 Å². The molecule has 0 spiro atoms. The number of rotatable bonds is 2. The van der Waals surface area contributed by atoms with Gasteiger partial charge >= 0.3 is 12.4 Å². The fourth-order valence-corrected chi connectivity index (χ4v) is 2.48. The molecule has 0 radical (unpaired) electrons. The summed E-state index contributed by atoms with van der Waals surface area (Å²) in [4.78, 5) is 30.2. The van der Waals surface area contributed by atoms with Crippen molar-refractivity contribution in [2.45, 2.75) is 12.4 Å². The van der Waals surface area contributed by atoms with E-state index in [1.807, 2.05) is 0 Å². The second kappa shape index (κ2) is 9.53. The van der Waals surface area contributed by atoms with E-state index in [-0.39, 0.29) is 0 Å². The largest absolute Gasteiger partial charge is 0.416 e. The Morgan fingerprint density at radius 2 is 0.941 bits per heavy atom. The lowest BCUT2D eigenvalue weighted by Crippen LogP contribution is -2.24. The summed E-state index contributed by atoms with van der Waals surface area (Å²) >= 11 is 0. The van der Waals surface area contributed by atoms with Crippen molar-refractivity contribution >= 4 is 23.7 Å². The zero-order chi connectivity index (χ0) is 25.8. The number of alkyl halides is 6. The van der Waals surface area contributed by atoms with Crippen LogP contribution in [0.15, 0.2) is 46.4 Å². The van der Waals surface area contributed by atoms with Crippen LogP contribution in [0.2, 0.25) is 0 Å². The summed E-state index contributed by atoms with van der Waals surface area (Å²) in [7, 11) is 0. The number of carbonyl (C=O) groups excluding carboxylic acids is 2. The first kappa shape index (κ1) is 25.7. The number of halogens is 6. The van der Waals surface area contributed by atoms with Crippen LogP contribution in [0.1, 0.15) is 43.0 Å². The molecule has 34 heavy (non-hydrogen) atoms. The Morgan fingerprint density at radius 1 is 0.618 bits per heavy atom. The molecule has 8 N–H and O–H groups in total.